The summed E-state index contributed by atoms with van der Waals surface area (Å²) < 4.78 is 10.9. The number of ether oxygens (including phenoxy) is 2. The first-order valence-corrected chi connectivity index (χ1v) is 5.07. The molecular weight excluding hydrogens is 192 g/mol. The van der Waals surface area contributed by atoms with Crippen molar-refractivity contribution in [2.45, 2.75) is 25.9 Å². The lowest BCUT2D eigenvalue weighted by Crippen LogP contribution is -2.04. The molecule has 2 rings (SSSR count). The minimum atomic E-state index is 0.00421. The second-order valence-electron chi connectivity index (χ2n) is 3.71. The van der Waals surface area contributed by atoms with Crippen molar-refractivity contribution in [3.63, 3.8) is 0 Å². The molecule has 0 heterocycles. The third-order valence-electron chi connectivity index (χ3n) is 2.39. The number of ketones is 1. The molecule has 1 aliphatic carbocycles. The Hall–Kier alpha value is -1.51. The van der Waals surface area contributed by atoms with Crippen LogP contribution < -0.4 is 9.47 Å². The standard InChI is InChI=1S/C12H14O3/c1-8(13)10-4-3-5-11(14-2)12(10)15-9-6-7-9/h3-5,9H,6-7H2,1-2H3. The molecule has 0 bridgehead atoms. The van der Waals surface area contributed by atoms with Gasteiger partial charge in [-0.1, -0.05) is 6.07 Å². The van der Waals surface area contributed by atoms with Crippen LogP contribution in [0.3, 0.4) is 0 Å². The minimum absolute atomic E-state index is 0.00421. The van der Waals surface area contributed by atoms with Gasteiger partial charge in [-0.25, -0.2) is 0 Å². The van der Waals surface area contributed by atoms with Crippen LogP contribution in [0.2, 0.25) is 0 Å². The highest BCUT2D eigenvalue weighted by atomic mass is 16.5. The third-order valence-corrected chi connectivity index (χ3v) is 2.39. The number of para-hydroxylation sites is 1. The SMILES string of the molecule is COc1cccc(C(C)=O)c1OC1CC1. The van der Waals surface area contributed by atoms with Crippen molar-refractivity contribution in [1.29, 1.82) is 0 Å². The van der Waals surface area contributed by atoms with E-state index in [4.69, 9.17) is 9.47 Å². The van der Waals surface area contributed by atoms with Crippen molar-refractivity contribution in [3.05, 3.63) is 23.8 Å². The van der Waals surface area contributed by atoms with E-state index in [2.05, 4.69) is 0 Å². The molecule has 0 unspecified atom stereocenters. The molecule has 0 aliphatic heterocycles. The zero-order valence-electron chi connectivity index (χ0n) is 8.95. The first-order valence-electron chi connectivity index (χ1n) is 5.07. The van der Waals surface area contributed by atoms with Crippen LogP contribution in [0.15, 0.2) is 18.2 Å². The molecule has 0 radical (unpaired) electrons. The van der Waals surface area contributed by atoms with Gasteiger partial charge in [0.1, 0.15) is 0 Å². The summed E-state index contributed by atoms with van der Waals surface area (Å²) in [4.78, 5) is 11.4. The smallest absolute Gasteiger partial charge is 0.172 e. The molecule has 0 aromatic heterocycles. The van der Waals surface area contributed by atoms with E-state index < -0.39 is 0 Å². The van der Waals surface area contributed by atoms with Crippen LogP contribution in [0.5, 0.6) is 11.5 Å². The summed E-state index contributed by atoms with van der Waals surface area (Å²) in [6.45, 7) is 1.54. The maximum absolute atomic E-state index is 11.4. The number of carbonyl (C=O) groups excluding carboxylic acids is 1. The summed E-state index contributed by atoms with van der Waals surface area (Å²) in [5.74, 6) is 1.23. The maximum atomic E-state index is 11.4. The number of carbonyl (C=O) groups is 1. The Morgan fingerprint density at radius 1 is 1.40 bits per heavy atom. The molecular formula is C12H14O3. The molecule has 0 amide bonds. The fraction of sp³-hybridized carbons (Fsp3) is 0.417. The molecule has 15 heavy (non-hydrogen) atoms. The summed E-state index contributed by atoms with van der Waals surface area (Å²) in [6.07, 6.45) is 2.39. The summed E-state index contributed by atoms with van der Waals surface area (Å²) in [7, 11) is 1.58. The number of methoxy groups -OCH3 is 1. The summed E-state index contributed by atoms with van der Waals surface area (Å²) in [5.41, 5.74) is 0.598. The van der Waals surface area contributed by atoms with Crippen molar-refractivity contribution in [2.24, 2.45) is 0 Å². The molecule has 3 nitrogen and oxygen atoms in total. The van der Waals surface area contributed by atoms with Gasteiger partial charge >= 0.3 is 0 Å². The summed E-state index contributed by atoms with van der Waals surface area (Å²) in [6, 6.07) is 5.38. The van der Waals surface area contributed by atoms with Crippen molar-refractivity contribution < 1.29 is 14.3 Å². The molecule has 0 saturated heterocycles. The van der Waals surface area contributed by atoms with Crippen molar-refractivity contribution in [1.82, 2.24) is 0 Å². The number of benzene rings is 1. The predicted molar refractivity (Wildman–Crippen MR) is 56.6 cm³/mol. The van der Waals surface area contributed by atoms with Crippen molar-refractivity contribution in [2.75, 3.05) is 7.11 Å². The van der Waals surface area contributed by atoms with Crippen LogP contribution in [0, 0.1) is 0 Å². The van der Waals surface area contributed by atoms with Gasteiger partial charge in [0.05, 0.1) is 18.8 Å². The minimum Gasteiger partial charge on any atom is -0.493 e. The lowest BCUT2D eigenvalue weighted by atomic mass is 10.1. The van der Waals surface area contributed by atoms with Gasteiger partial charge in [0.25, 0.3) is 0 Å². The quantitative estimate of drug-likeness (QED) is 0.710. The van der Waals surface area contributed by atoms with Crippen LogP contribution in [0.4, 0.5) is 0 Å². The molecule has 3 heteroatoms. The van der Waals surface area contributed by atoms with E-state index in [-0.39, 0.29) is 11.9 Å². The zero-order valence-corrected chi connectivity index (χ0v) is 8.95. The lowest BCUT2D eigenvalue weighted by molar-refractivity contribution is 0.101. The largest absolute Gasteiger partial charge is 0.493 e. The Kier molecular flexibility index (Phi) is 2.62. The highest BCUT2D eigenvalue weighted by molar-refractivity contribution is 5.97. The highest BCUT2D eigenvalue weighted by Crippen LogP contribution is 2.36. The fourth-order valence-electron chi connectivity index (χ4n) is 1.43. The predicted octanol–water partition coefficient (Wildman–Crippen LogP) is 2.44. The fourth-order valence-corrected chi connectivity index (χ4v) is 1.43. The zero-order chi connectivity index (χ0) is 10.8. The Labute approximate surface area is 89.0 Å². The number of hydrogen-bond acceptors (Lipinski definition) is 3. The molecule has 1 saturated carbocycles. The van der Waals surface area contributed by atoms with Crippen molar-refractivity contribution >= 4 is 5.78 Å². The molecule has 1 aromatic rings. The Bertz CT molecular complexity index is 380. The van der Waals surface area contributed by atoms with Gasteiger partial charge in [-0.2, -0.15) is 0 Å². The average molecular weight is 206 g/mol. The Morgan fingerprint density at radius 3 is 2.67 bits per heavy atom. The number of hydrogen-bond donors (Lipinski definition) is 0. The molecule has 0 spiro atoms. The molecule has 80 valence electrons. The molecule has 0 atom stereocenters. The monoisotopic (exact) mass is 206 g/mol. The summed E-state index contributed by atoms with van der Waals surface area (Å²) >= 11 is 0. The van der Waals surface area contributed by atoms with E-state index in [1.165, 1.54) is 6.92 Å². The second-order valence-corrected chi connectivity index (χ2v) is 3.71. The molecule has 0 N–H and O–H groups in total. The average Bonchev–Trinajstić information content (AvgIpc) is 3.01. The van der Waals surface area contributed by atoms with Crippen LogP contribution in [-0.2, 0) is 0 Å². The molecule has 1 aromatic carbocycles. The van der Waals surface area contributed by atoms with Gasteiger partial charge in [-0.3, -0.25) is 4.79 Å². The van der Waals surface area contributed by atoms with E-state index >= 15 is 0 Å². The van der Waals surface area contributed by atoms with Gasteiger partial charge in [0.2, 0.25) is 0 Å². The van der Waals surface area contributed by atoms with Gasteiger partial charge in [0.15, 0.2) is 17.3 Å². The first kappa shape index (κ1) is 10.0. The first-order chi connectivity index (χ1) is 7.22. The third kappa shape index (κ3) is 2.12. The maximum Gasteiger partial charge on any atom is 0.172 e. The van der Waals surface area contributed by atoms with E-state index in [1.807, 2.05) is 6.07 Å². The van der Waals surface area contributed by atoms with Gasteiger partial charge < -0.3 is 9.47 Å². The van der Waals surface area contributed by atoms with E-state index in [0.717, 1.165) is 12.8 Å². The number of rotatable bonds is 4. The summed E-state index contributed by atoms with van der Waals surface area (Å²) in [5, 5.41) is 0. The van der Waals surface area contributed by atoms with Crippen LogP contribution in [0.25, 0.3) is 0 Å². The Morgan fingerprint density at radius 2 is 2.13 bits per heavy atom. The lowest BCUT2D eigenvalue weighted by Gasteiger charge is -2.12. The molecule has 1 fully saturated rings. The highest BCUT2D eigenvalue weighted by Gasteiger charge is 2.26. The van der Waals surface area contributed by atoms with E-state index in [1.54, 1.807) is 19.2 Å². The molecule has 1 aliphatic rings. The second kappa shape index (κ2) is 3.93. The van der Waals surface area contributed by atoms with Crippen molar-refractivity contribution in [3.8, 4) is 11.5 Å². The van der Waals surface area contributed by atoms with Gasteiger partial charge in [-0.05, 0) is 31.9 Å². The van der Waals surface area contributed by atoms with Gasteiger partial charge in [-0.15, -0.1) is 0 Å². The van der Waals surface area contributed by atoms with Gasteiger partial charge in [0, 0.05) is 0 Å². The Balaban J connectivity index is 2.38. The van der Waals surface area contributed by atoms with Crippen LogP contribution in [0.1, 0.15) is 30.1 Å². The van der Waals surface area contributed by atoms with Crippen LogP contribution >= 0.6 is 0 Å². The normalized spacial score (nSPS) is 14.8. The van der Waals surface area contributed by atoms with E-state index in [0.29, 0.717) is 17.1 Å². The number of Topliss-reactive ketones (excluding diaryl/α,β-unsaturated/α-hetero) is 1. The van der Waals surface area contributed by atoms with Crippen LogP contribution in [-0.4, -0.2) is 19.0 Å². The van der Waals surface area contributed by atoms with E-state index in [9.17, 15) is 4.79 Å². The topological polar surface area (TPSA) is 35.5 Å².